The molecule has 0 aliphatic heterocycles. The topological polar surface area (TPSA) is 137 Å². The summed E-state index contributed by atoms with van der Waals surface area (Å²) in [4.78, 5) is 29.0. The molecule has 0 aromatic heterocycles. The number of amides is 2. The fraction of sp³-hybridized carbons (Fsp3) is 0.542. The molecule has 1 saturated carbocycles. The highest BCUT2D eigenvalue weighted by molar-refractivity contribution is 7.86. The van der Waals surface area contributed by atoms with Gasteiger partial charge in [0.1, 0.15) is 12.2 Å². The standard InChI is InChI=1S/C22H29ClFN3O6S.C2H6/c1-5-34(30,31)32-13-17(25)16-9-10-22(24,19(28)27-20(29)33-21(2,3)4)12-18(16)26-15-8-6-7-14(23)11-15;1-2/h6-8,11H,5,9-10,12-13,25H2,1-4H3,(H,27,28,29);1-2H3/b17-16-,26-18?;. The van der Waals surface area contributed by atoms with E-state index in [1.807, 2.05) is 19.2 Å². The fourth-order valence-electron chi connectivity index (χ4n) is 3.11. The predicted molar refractivity (Wildman–Crippen MR) is 139 cm³/mol. The Kier molecular flexibility index (Phi) is 11.5. The molecule has 202 valence electrons. The minimum Gasteiger partial charge on any atom is -0.444 e. The number of allylic oxidation sites excluding steroid dienone is 1. The molecule has 1 aliphatic rings. The normalized spacial score (nSPS) is 20.7. The van der Waals surface area contributed by atoms with Gasteiger partial charge in [-0.2, -0.15) is 8.42 Å². The molecule has 0 heterocycles. The van der Waals surface area contributed by atoms with Crippen molar-refractivity contribution in [2.75, 3.05) is 12.4 Å². The molecule has 1 atom stereocenters. The molecule has 9 nitrogen and oxygen atoms in total. The van der Waals surface area contributed by atoms with E-state index in [0.29, 0.717) is 16.3 Å². The maximum absolute atomic E-state index is 15.7. The largest absolute Gasteiger partial charge is 0.444 e. The van der Waals surface area contributed by atoms with Gasteiger partial charge in [-0.3, -0.25) is 19.3 Å². The lowest BCUT2D eigenvalue weighted by Crippen LogP contribution is -2.50. The maximum atomic E-state index is 15.7. The maximum Gasteiger partial charge on any atom is 0.414 e. The van der Waals surface area contributed by atoms with Crippen molar-refractivity contribution >= 4 is 45.1 Å². The lowest BCUT2D eigenvalue weighted by Gasteiger charge is -2.31. The highest BCUT2D eigenvalue weighted by atomic mass is 35.5. The molecule has 12 heteroatoms. The van der Waals surface area contributed by atoms with Crippen molar-refractivity contribution < 1.29 is 31.3 Å². The summed E-state index contributed by atoms with van der Waals surface area (Å²) >= 11 is 6.01. The van der Waals surface area contributed by atoms with E-state index in [9.17, 15) is 18.0 Å². The average Bonchev–Trinajstić information content (AvgIpc) is 2.78. The number of nitrogens with two attached hydrogens (primary N) is 1. The predicted octanol–water partition coefficient (Wildman–Crippen LogP) is 4.96. The van der Waals surface area contributed by atoms with Crippen LogP contribution in [0.5, 0.6) is 0 Å². The lowest BCUT2D eigenvalue weighted by atomic mass is 9.80. The van der Waals surface area contributed by atoms with Gasteiger partial charge in [-0.25, -0.2) is 9.18 Å². The summed E-state index contributed by atoms with van der Waals surface area (Å²) in [5.74, 6) is -1.40. The minimum atomic E-state index is -3.76. The number of benzene rings is 1. The van der Waals surface area contributed by atoms with Gasteiger partial charge in [-0.1, -0.05) is 31.5 Å². The molecule has 36 heavy (non-hydrogen) atoms. The van der Waals surface area contributed by atoms with Gasteiger partial charge in [0.2, 0.25) is 0 Å². The van der Waals surface area contributed by atoms with Crippen molar-refractivity contribution in [3.8, 4) is 0 Å². The van der Waals surface area contributed by atoms with Gasteiger partial charge in [0, 0.05) is 22.9 Å². The number of aliphatic imine (C=N–C) groups is 1. The van der Waals surface area contributed by atoms with Crippen LogP contribution < -0.4 is 11.1 Å². The van der Waals surface area contributed by atoms with Crippen LogP contribution in [0.2, 0.25) is 5.02 Å². The van der Waals surface area contributed by atoms with E-state index in [1.165, 1.54) is 13.0 Å². The van der Waals surface area contributed by atoms with Crippen LogP contribution in [0.3, 0.4) is 0 Å². The molecule has 0 spiro atoms. The quantitative estimate of drug-likeness (QED) is 0.480. The monoisotopic (exact) mass is 547 g/mol. The Hall–Kier alpha value is -2.50. The van der Waals surface area contributed by atoms with Crippen molar-refractivity contribution in [2.24, 2.45) is 10.7 Å². The van der Waals surface area contributed by atoms with Crippen LogP contribution in [0.25, 0.3) is 0 Å². The number of rotatable bonds is 6. The zero-order chi connectivity index (χ0) is 27.7. The summed E-state index contributed by atoms with van der Waals surface area (Å²) in [6, 6.07) is 6.44. The number of carbonyl (C=O) groups excluding carboxylic acids is 2. The van der Waals surface area contributed by atoms with Gasteiger partial charge < -0.3 is 10.5 Å². The second-order valence-corrected chi connectivity index (χ2v) is 11.1. The first-order valence-electron chi connectivity index (χ1n) is 11.6. The second-order valence-electron chi connectivity index (χ2n) is 8.75. The lowest BCUT2D eigenvalue weighted by molar-refractivity contribution is -0.132. The number of halogens is 2. The summed E-state index contributed by atoms with van der Waals surface area (Å²) < 4.78 is 49.0. The van der Waals surface area contributed by atoms with Crippen LogP contribution in [0.1, 0.15) is 60.8 Å². The highest BCUT2D eigenvalue weighted by Gasteiger charge is 2.45. The molecule has 0 bridgehead atoms. The van der Waals surface area contributed by atoms with Gasteiger partial charge in [0.25, 0.3) is 16.0 Å². The molecule has 1 fully saturated rings. The number of carbonyl (C=O) groups is 2. The minimum absolute atomic E-state index is 0.0427. The van der Waals surface area contributed by atoms with E-state index in [4.69, 9.17) is 26.3 Å². The van der Waals surface area contributed by atoms with Crippen molar-refractivity contribution in [2.45, 2.75) is 72.1 Å². The van der Waals surface area contributed by atoms with Crippen LogP contribution in [0.4, 0.5) is 14.9 Å². The Balaban J connectivity index is 0.00000316. The van der Waals surface area contributed by atoms with Gasteiger partial charge in [0.05, 0.1) is 11.4 Å². The number of ether oxygens (including phenoxy) is 1. The fourth-order valence-corrected chi connectivity index (χ4v) is 3.77. The third-order valence-corrected chi connectivity index (χ3v) is 6.22. The van der Waals surface area contributed by atoms with Crippen LogP contribution in [0, 0.1) is 0 Å². The first-order chi connectivity index (χ1) is 16.6. The van der Waals surface area contributed by atoms with E-state index in [2.05, 4.69) is 4.99 Å². The van der Waals surface area contributed by atoms with E-state index >= 15 is 4.39 Å². The Bertz CT molecular complexity index is 1120. The van der Waals surface area contributed by atoms with Crippen molar-refractivity contribution in [3.63, 3.8) is 0 Å². The third-order valence-electron chi connectivity index (χ3n) is 4.80. The molecule has 1 aromatic rings. The summed E-state index contributed by atoms with van der Waals surface area (Å²) in [6.45, 7) is 9.81. The number of hydrogen-bond acceptors (Lipinski definition) is 8. The zero-order valence-electron chi connectivity index (χ0n) is 21.5. The number of nitrogens with one attached hydrogen (secondary N) is 1. The van der Waals surface area contributed by atoms with E-state index in [-0.39, 0.29) is 30.0 Å². The van der Waals surface area contributed by atoms with Crippen LogP contribution in [-0.4, -0.2) is 49.8 Å². The van der Waals surface area contributed by atoms with E-state index in [1.54, 1.807) is 39.0 Å². The van der Waals surface area contributed by atoms with Gasteiger partial charge in [-0.15, -0.1) is 0 Å². The van der Waals surface area contributed by atoms with Gasteiger partial charge in [0.15, 0.2) is 5.67 Å². The Morgan fingerprint density at radius 3 is 2.47 bits per heavy atom. The Labute approximate surface area is 217 Å². The average molecular weight is 548 g/mol. The smallest absolute Gasteiger partial charge is 0.414 e. The summed E-state index contributed by atoms with van der Waals surface area (Å²) in [6.07, 6.45) is -1.93. The molecule has 0 radical (unpaired) electrons. The number of alkyl halides is 1. The summed E-state index contributed by atoms with van der Waals surface area (Å²) in [5.41, 5.74) is 3.65. The molecule has 2 amide bonds. The van der Waals surface area contributed by atoms with Crippen LogP contribution >= 0.6 is 11.6 Å². The molecule has 1 aromatic carbocycles. The second kappa shape index (κ2) is 13.2. The van der Waals surface area contributed by atoms with Crippen LogP contribution in [-0.2, 0) is 23.8 Å². The number of alkyl carbamates (subject to hydrolysis) is 1. The Morgan fingerprint density at radius 1 is 1.28 bits per heavy atom. The zero-order valence-corrected chi connectivity index (χ0v) is 23.1. The first kappa shape index (κ1) is 31.5. The summed E-state index contributed by atoms with van der Waals surface area (Å²) in [7, 11) is -3.76. The van der Waals surface area contributed by atoms with Crippen LogP contribution in [0.15, 0.2) is 40.5 Å². The first-order valence-corrected chi connectivity index (χ1v) is 13.5. The molecule has 2 rings (SSSR count). The SMILES string of the molecule is CC.CCS(=O)(=O)OC/C(N)=C1\CCC(F)(C(=O)NC(=O)OC(C)(C)C)CC1=Nc1cccc(Cl)c1. The van der Waals surface area contributed by atoms with Crippen molar-refractivity contribution in [1.29, 1.82) is 0 Å². The van der Waals surface area contributed by atoms with Gasteiger partial charge in [-0.05, 0) is 64.3 Å². The van der Waals surface area contributed by atoms with E-state index < -0.39 is 46.4 Å². The molecule has 1 unspecified atom stereocenters. The van der Waals surface area contributed by atoms with E-state index in [0.717, 1.165) is 0 Å². The number of hydrogen-bond donors (Lipinski definition) is 2. The summed E-state index contributed by atoms with van der Waals surface area (Å²) in [5, 5.41) is 2.33. The third kappa shape index (κ3) is 9.87. The Morgan fingerprint density at radius 2 is 1.92 bits per heavy atom. The molecular formula is C24H35ClFN3O6S. The molecule has 0 saturated heterocycles. The highest BCUT2D eigenvalue weighted by Crippen LogP contribution is 2.36. The number of nitrogens with zero attached hydrogens (tertiary/aromatic N) is 1. The van der Waals surface area contributed by atoms with Crippen molar-refractivity contribution in [1.82, 2.24) is 5.32 Å². The molecule has 3 N–H and O–H groups in total. The molecule has 1 aliphatic carbocycles. The van der Waals surface area contributed by atoms with Crippen molar-refractivity contribution in [3.05, 3.63) is 40.6 Å². The molecular weight excluding hydrogens is 513 g/mol. The number of imide groups is 1. The van der Waals surface area contributed by atoms with Gasteiger partial charge >= 0.3 is 6.09 Å².